The minimum Gasteiger partial charge on any atom is -0.394 e. The van der Waals surface area contributed by atoms with Crippen LogP contribution in [0, 0.1) is 0 Å². The molecular formula is C16H26ClNOS. The normalized spacial score (nSPS) is 14.5. The number of nitrogens with one attached hydrogen (secondary N) is 1. The van der Waals surface area contributed by atoms with Crippen LogP contribution in [0.1, 0.15) is 40.0 Å². The van der Waals surface area contributed by atoms with Crippen LogP contribution < -0.4 is 5.32 Å². The molecule has 0 saturated carbocycles. The van der Waals surface area contributed by atoms with Crippen molar-refractivity contribution in [3.8, 4) is 0 Å². The molecule has 1 aromatic rings. The van der Waals surface area contributed by atoms with Crippen LogP contribution in [-0.4, -0.2) is 29.0 Å². The molecule has 0 saturated heterocycles. The summed E-state index contributed by atoms with van der Waals surface area (Å²) in [5, 5.41) is 14.0. The first-order valence-corrected chi connectivity index (χ1v) is 8.64. The van der Waals surface area contributed by atoms with Crippen molar-refractivity contribution in [1.29, 1.82) is 0 Å². The molecule has 0 aliphatic heterocycles. The lowest BCUT2D eigenvalue weighted by molar-refractivity contribution is 0.137. The van der Waals surface area contributed by atoms with Gasteiger partial charge in [-0.3, -0.25) is 0 Å². The number of aliphatic hydroxyl groups is 1. The quantitative estimate of drug-likeness (QED) is 0.525. The Morgan fingerprint density at radius 3 is 2.70 bits per heavy atom. The van der Waals surface area contributed by atoms with Crippen LogP contribution in [0.5, 0.6) is 0 Å². The Hall–Kier alpha value is -0.220. The van der Waals surface area contributed by atoms with Crippen LogP contribution in [0.2, 0.25) is 5.02 Å². The molecule has 4 heteroatoms. The zero-order valence-corrected chi connectivity index (χ0v) is 14.2. The maximum Gasteiger partial charge on any atom is 0.0613 e. The molecule has 2 nitrogen and oxygen atoms in total. The molecule has 1 atom stereocenters. The summed E-state index contributed by atoms with van der Waals surface area (Å²) in [5.74, 6) is 1.04. The van der Waals surface area contributed by atoms with Gasteiger partial charge in [-0.1, -0.05) is 38.4 Å². The van der Waals surface area contributed by atoms with Crippen molar-refractivity contribution in [2.75, 3.05) is 12.4 Å². The van der Waals surface area contributed by atoms with Crippen LogP contribution in [0.25, 0.3) is 0 Å². The van der Waals surface area contributed by atoms with Gasteiger partial charge in [0.15, 0.2) is 0 Å². The molecule has 20 heavy (non-hydrogen) atoms. The zero-order valence-electron chi connectivity index (χ0n) is 12.7. The van der Waals surface area contributed by atoms with E-state index in [9.17, 15) is 5.11 Å². The highest BCUT2D eigenvalue weighted by Gasteiger charge is 2.26. The summed E-state index contributed by atoms with van der Waals surface area (Å²) in [6.45, 7) is 6.58. The predicted molar refractivity (Wildman–Crippen MR) is 89.8 cm³/mol. The van der Waals surface area contributed by atoms with Crippen LogP contribution in [0.15, 0.2) is 29.2 Å². The Bertz CT molecular complexity index is 394. The highest BCUT2D eigenvalue weighted by atomic mass is 35.5. The minimum atomic E-state index is -0.136. The zero-order chi connectivity index (χ0) is 15.0. The van der Waals surface area contributed by atoms with E-state index in [1.807, 2.05) is 30.0 Å². The highest BCUT2D eigenvalue weighted by Crippen LogP contribution is 2.25. The highest BCUT2D eigenvalue weighted by molar-refractivity contribution is 7.99. The van der Waals surface area contributed by atoms with E-state index in [0.29, 0.717) is 6.04 Å². The minimum absolute atomic E-state index is 0.136. The molecular weight excluding hydrogens is 290 g/mol. The summed E-state index contributed by atoms with van der Waals surface area (Å²) in [6.07, 6.45) is 3.01. The first-order valence-electron chi connectivity index (χ1n) is 7.28. The summed E-state index contributed by atoms with van der Waals surface area (Å²) in [7, 11) is 0. The van der Waals surface area contributed by atoms with E-state index >= 15 is 0 Å². The molecule has 0 aromatic heterocycles. The Kier molecular flexibility index (Phi) is 7.96. The second-order valence-electron chi connectivity index (χ2n) is 5.50. The van der Waals surface area contributed by atoms with Gasteiger partial charge in [0.05, 0.1) is 6.61 Å². The molecule has 114 valence electrons. The number of aliphatic hydroxyl groups excluding tert-OH is 1. The molecule has 1 rings (SSSR count). The average Bonchev–Trinajstić information content (AvgIpc) is 2.42. The molecule has 0 amide bonds. The Morgan fingerprint density at radius 1 is 1.40 bits per heavy atom. The van der Waals surface area contributed by atoms with Crippen molar-refractivity contribution in [1.82, 2.24) is 5.32 Å². The second kappa shape index (κ2) is 8.93. The van der Waals surface area contributed by atoms with Crippen LogP contribution in [0.3, 0.4) is 0 Å². The molecule has 0 bridgehead atoms. The molecule has 1 aromatic carbocycles. The van der Waals surface area contributed by atoms with Gasteiger partial charge >= 0.3 is 0 Å². The van der Waals surface area contributed by atoms with E-state index in [2.05, 4.69) is 32.2 Å². The van der Waals surface area contributed by atoms with Gasteiger partial charge in [-0.25, -0.2) is 0 Å². The fourth-order valence-corrected chi connectivity index (χ4v) is 3.52. The first kappa shape index (κ1) is 17.8. The lowest BCUT2D eigenvalue weighted by atomic mass is 9.91. The number of halogens is 1. The first-order chi connectivity index (χ1) is 9.51. The van der Waals surface area contributed by atoms with E-state index in [4.69, 9.17) is 11.6 Å². The summed E-state index contributed by atoms with van der Waals surface area (Å²) >= 11 is 7.80. The third-order valence-corrected chi connectivity index (χ3v) is 4.75. The lowest BCUT2D eigenvalue weighted by Gasteiger charge is -2.34. The summed E-state index contributed by atoms with van der Waals surface area (Å²) in [6, 6.07) is 8.35. The van der Waals surface area contributed by atoms with E-state index in [0.717, 1.165) is 30.0 Å². The number of hydrogen-bond donors (Lipinski definition) is 2. The van der Waals surface area contributed by atoms with Crippen LogP contribution >= 0.6 is 23.4 Å². The number of thioether (sulfide) groups is 1. The Labute approximate surface area is 132 Å². The molecule has 0 radical (unpaired) electrons. The van der Waals surface area contributed by atoms with Crippen molar-refractivity contribution >= 4 is 23.4 Å². The standard InChI is InChI=1S/C16H26ClNOS/c1-4-16(12-19,18-13(2)3)9-6-10-20-15-8-5-7-14(17)11-15/h5,7-8,11,13,18-19H,4,6,9-10,12H2,1-3H3. The molecule has 1 unspecified atom stereocenters. The molecule has 0 aliphatic rings. The Balaban J connectivity index is 2.41. The van der Waals surface area contributed by atoms with Crippen molar-refractivity contribution in [2.45, 2.75) is 56.5 Å². The summed E-state index contributed by atoms with van der Waals surface area (Å²) in [4.78, 5) is 1.21. The van der Waals surface area contributed by atoms with Gasteiger partial charge < -0.3 is 10.4 Å². The van der Waals surface area contributed by atoms with Crippen LogP contribution in [0.4, 0.5) is 0 Å². The van der Waals surface area contributed by atoms with Gasteiger partial charge in [0.25, 0.3) is 0 Å². The van der Waals surface area contributed by atoms with E-state index in [-0.39, 0.29) is 12.1 Å². The molecule has 0 spiro atoms. The third-order valence-electron chi connectivity index (χ3n) is 3.44. The van der Waals surface area contributed by atoms with E-state index < -0.39 is 0 Å². The molecule has 0 fully saturated rings. The number of benzene rings is 1. The largest absolute Gasteiger partial charge is 0.394 e. The van der Waals surface area contributed by atoms with Crippen molar-refractivity contribution < 1.29 is 5.11 Å². The van der Waals surface area contributed by atoms with E-state index in [1.165, 1.54) is 4.90 Å². The third kappa shape index (κ3) is 6.04. The SMILES string of the molecule is CCC(CO)(CCCSc1cccc(Cl)c1)NC(C)C. The maximum atomic E-state index is 9.69. The monoisotopic (exact) mass is 315 g/mol. The van der Waals surface area contributed by atoms with Gasteiger partial charge in [-0.2, -0.15) is 0 Å². The van der Waals surface area contributed by atoms with Gasteiger partial charge in [0, 0.05) is 21.5 Å². The van der Waals surface area contributed by atoms with Crippen LogP contribution in [-0.2, 0) is 0 Å². The molecule has 2 N–H and O–H groups in total. The fourth-order valence-electron chi connectivity index (χ4n) is 2.36. The van der Waals surface area contributed by atoms with Gasteiger partial charge in [-0.05, 0) is 43.2 Å². The van der Waals surface area contributed by atoms with Crippen molar-refractivity contribution in [2.24, 2.45) is 0 Å². The van der Waals surface area contributed by atoms with Gasteiger partial charge in [0.1, 0.15) is 0 Å². The topological polar surface area (TPSA) is 32.3 Å². The summed E-state index contributed by atoms with van der Waals surface area (Å²) in [5.41, 5.74) is -0.136. The predicted octanol–water partition coefficient (Wildman–Crippen LogP) is 4.35. The number of hydrogen-bond acceptors (Lipinski definition) is 3. The Morgan fingerprint density at radius 2 is 2.15 bits per heavy atom. The summed E-state index contributed by atoms with van der Waals surface area (Å²) < 4.78 is 0. The maximum absolute atomic E-state index is 9.69. The van der Waals surface area contributed by atoms with Gasteiger partial charge in [-0.15, -0.1) is 11.8 Å². The second-order valence-corrected chi connectivity index (χ2v) is 7.11. The molecule has 0 aliphatic carbocycles. The van der Waals surface area contributed by atoms with Crippen molar-refractivity contribution in [3.05, 3.63) is 29.3 Å². The van der Waals surface area contributed by atoms with E-state index in [1.54, 1.807) is 0 Å². The number of rotatable bonds is 9. The molecule has 0 heterocycles. The smallest absolute Gasteiger partial charge is 0.0613 e. The fraction of sp³-hybridized carbons (Fsp3) is 0.625. The van der Waals surface area contributed by atoms with Gasteiger partial charge in [0.2, 0.25) is 0 Å². The average molecular weight is 316 g/mol. The lowest BCUT2D eigenvalue weighted by Crippen LogP contribution is -2.51. The van der Waals surface area contributed by atoms with Crippen molar-refractivity contribution in [3.63, 3.8) is 0 Å².